The number of hydrogen-bond acceptors (Lipinski definition) is 7. The van der Waals surface area contributed by atoms with Crippen molar-refractivity contribution in [3.63, 3.8) is 0 Å². The second kappa shape index (κ2) is 10.0. The van der Waals surface area contributed by atoms with Gasteiger partial charge in [-0.15, -0.1) is 0 Å². The molecule has 1 aromatic rings. The van der Waals surface area contributed by atoms with Crippen molar-refractivity contribution in [3.05, 3.63) is 52.4 Å². The largest absolute Gasteiger partial charge is 0.494 e. The molecule has 0 bridgehead atoms. The molecule has 172 valence electrons. The molecule has 32 heavy (non-hydrogen) atoms. The highest BCUT2D eigenvalue weighted by Crippen LogP contribution is 2.45. The third kappa shape index (κ3) is 4.42. The molecule has 0 aromatic heterocycles. The Bertz CT molecular complexity index is 959. The second-order valence-corrected chi connectivity index (χ2v) is 8.17. The van der Waals surface area contributed by atoms with E-state index in [2.05, 4.69) is 5.32 Å². The maximum atomic E-state index is 13.6. The third-order valence-corrected chi connectivity index (χ3v) is 5.92. The zero-order chi connectivity index (χ0) is 23.4. The summed E-state index contributed by atoms with van der Waals surface area (Å²) in [4.78, 5) is 39.1. The van der Waals surface area contributed by atoms with Gasteiger partial charge >= 0.3 is 11.9 Å². The molecule has 1 aliphatic heterocycles. The monoisotopic (exact) mass is 441 g/mol. The summed E-state index contributed by atoms with van der Waals surface area (Å²) in [6.45, 7) is 8.32. The smallest absolute Gasteiger partial charge is 0.336 e. The standard InChI is InChI=1S/C25H31NO6/c1-6-12-32-25(29)20-15(4)26-18-13-14(3)19(24(28)30-5)23(27)22(18)21(20)16-8-10-17(11-9-16)31-7-2/h8-11,14,19,21,26H,6-7,12-13H2,1-5H3/t14-,19+,21-/m0/s1. The Morgan fingerprint density at radius 3 is 2.44 bits per heavy atom. The minimum atomic E-state index is -0.905. The number of ether oxygens (including phenoxy) is 3. The topological polar surface area (TPSA) is 90.9 Å². The van der Waals surface area contributed by atoms with Gasteiger partial charge in [-0.2, -0.15) is 0 Å². The lowest BCUT2D eigenvalue weighted by atomic mass is 9.69. The van der Waals surface area contributed by atoms with E-state index in [1.165, 1.54) is 7.11 Å². The van der Waals surface area contributed by atoms with E-state index in [0.29, 0.717) is 42.0 Å². The summed E-state index contributed by atoms with van der Waals surface area (Å²) in [5.41, 5.74) is 2.97. The molecule has 1 aromatic carbocycles. The number of allylic oxidation sites excluding steroid dienone is 3. The Hall–Kier alpha value is -3.09. The Labute approximate surface area is 188 Å². The first-order valence-electron chi connectivity index (χ1n) is 11.1. The fourth-order valence-corrected chi connectivity index (χ4v) is 4.48. The van der Waals surface area contributed by atoms with Crippen molar-refractivity contribution in [1.82, 2.24) is 5.32 Å². The molecule has 0 spiro atoms. The van der Waals surface area contributed by atoms with Crippen molar-refractivity contribution in [3.8, 4) is 5.75 Å². The number of carbonyl (C=O) groups is 3. The lowest BCUT2D eigenvalue weighted by Crippen LogP contribution is -2.43. The first-order valence-corrected chi connectivity index (χ1v) is 11.1. The van der Waals surface area contributed by atoms with Crippen molar-refractivity contribution in [2.45, 2.75) is 46.5 Å². The Kier molecular flexibility index (Phi) is 7.38. The summed E-state index contributed by atoms with van der Waals surface area (Å²) in [7, 11) is 1.28. The molecule has 2 aliphatic rings. The van der Waals surface area contributed by atoms with Crippen LogP contribution in [0.25, 0.3) is 0 Å². The van der Waals surface area contributed by atoms with Crippen LogP contribution in [0.1, 0.15) is 52.0 Å². The Morgan fingerprint density at radius 1 is 1.16 bits per heavy atom. The fourth-order valence-electron chi connectivity index (χ4n) is 4.48. The maximum Gasteiger partial charge on any atom is 0.336 e. The van der Waals surface area contributed by atoms with Gasteiger partial charge in [-0.05, 0) is 50.3 Å². The predicted molar refractivity (Wildman–Crippen MR) is 119 cm³/mol. The number of carbonyl (C=O) groups excluding carboxylic acids is 3. The van der Waals surface area contributed by atoms with E-state index in [0.717, 1.165) is 11.3 Å². The van der Waals surface area contributed by atoms with E-state index < -0.39 is 23.8 Å². The Morgan fingerprint density at radius 2 is 1.84 bits per heavy atom. The first kappa shape index (κ1) is 23.6. The number of Topliss-reactive ketones (excluding diaryl/α,β-unsaturated/α-hetero) is 1. The molecule has 0 unspecified atom stereocenters. The normalized spacial score (nSPS) is 22.8. The van der Waals surface area contributed by atoms with E-state index in [-0.39, 0.29) is 18.3 Å². The highest BCUT2D eigenvalue weighted by molar-refractivity contribution is 6.12. The molecule has 0 amide bonds. The van der Waals surface area contributed by atoms with Crippen LogP contribution in [0.2, 0.25) is 0 Å². The van der Waals surface area contributed by atoms with Crippen LogP contribution in [0, 0.1) is 11.8 Å². The average Bonchev–Trinajstić information content (AvgIpc) is 2.77. The van der Waals surface area contributed by atoms with Gasteiger partial charge < -0.3 is 19.5 Å². The summed E-state index contributed by atoms with van der Waals surface area (Å²) < 4.78 is 15.9. The number of dihydropyridines is 1. The number of esters is 2. The molecule has 7 nitrogen and oxygen atoms in total. The van der Waals surface area contributed by atoms with E-state index in [1.807, 2.05) is 52.0 Å². The second-order valence-electron chi connectivity index (χ2n) is 8.17. The van der Waals surface area contributed by atoms with Gasteiger partial charge in [0.05, 0.1) is 25.9 Å². The highest BCUT2D eigenvalue weighted by Gasteiger charge is 2.47. The molecule has 0 fully saturated rings. The van der Waals surface area contributed by atoms with Gasteiger partial charge in [-0.3, -0.25) is 9.59 Å². The first-order chi connectivity index (χ1) is 15.3. The van der Waals surface area contributed by atoms with Crippen LogP contribution in [0.15, 0.2) is 46.8 Å². The van der Waals surface area contributed by atoms with Crippen molar-refractivity contribution in [2.24, 2.45) is 11.8 Å². The lowest BCUT2D eigenvalue weighted by molar-refractivity contribution is -0.151. The lowest BCUT2D eigenvalue weighted by Gasteiger charge is -2.38. The maximum absolute atomic E-state index is 13.6. The minimum absolute atomic E-state index is 0.219. The number of methoxy groups -OCH3 is 1. The zero-order valence-electron chi connectivity index (χ0n) is 19.3. The molecule has 1 heterocycles. The molecule has 3 atom stereocenters. The van der Waals surface area contributed by atoms with E-state index in [9.17, 15) is 14.4 Å². The quantitative estimate of drug-likeness (QED) is 0.510. The number of rotatable bonds is 7. The predicted octanol–water partition coefficient (Wildman–Crippen LogP) is 3.65. The van der Waals surface area contributed by atoms with Crippen molar-refractivity contribution < 1.29 is 28.6 Å². The van der Waals surface area contributed by atoms with Gasteiger partial charge in [0.15, 0.2) is 5.78 Å². The number of hydrogen-bond donors (Lipinski definition) is 1. The van der Waals surface area contributed by atoms with Crippen LogP contribution in [0.5, 0.6) is 5.75 Å². The number of benzene rings is 1. The van der Waals surface area contributed by atoms with Gasteiger partial charge in [-0.25, -0.2) is 4.79 Å². The molecule has 0 saturated heterocycles. The summed E-state index contributed by atoms with van der Waals surface area (Å²) in [5.74, 6) is -2.40. The van der Waals surface area contributed by atoms with Crippen molar-refractivity contribution in [2.75, 3.05) is 20.3 Å². The van der Waals surface area contributed by atoms with Crippen molar-refractivity contribution in [1.29, 1.82) is 0 Å². The average molecular weight is 442 g/mol. The summed E-state index contributed by atoms with van der Waals surface area (Å²) in [6.07, 6.45) is 1.19. The number of ketones is 1. The van der Waals surface area contributed by atoms with Gasteiger partial charge in [0, 0.05) is 22.9 Å². The van der Waals surface area contributed by atoms with E-state index in [4.69, 9.17) is 14.2 Å². The van der Waals surface area contributed by atoms with Crippen LogP contribution in [-0.2, 0) is 23.9 Å². The summed E-state index contributed by atoms with van der Waals surface area (Å²) >= 11 is 0. The van der Waals surface area contributed by atoms with Crippen LogP contribution in [0.4, 0.5) is 0 Å². The number of nitrogens with one attached hydrogen (secondary N) is 1. The summed E-state index contributed by atoms with van der Waals surface area (Å²) in [5, 5.41) is 3.26. The minimum Gasteiger partial charge on any atom is -0.494 e. The van der Waals surface area contributed by atoms with Crippen LogP contribution in [0.3, 0.4) is 0 Å². The van der Waals surface area contributed by atoms with Gasteiger partial charge in [0.25, 0.3) is 0 Å². The third-order valence-electron chi connectivity index (χ3n) is 5.92. The molecule has 7 heteroatoms. The van der Waals surface area contributed by atoms with Crippen LogP contribution < -0.4 is 10.1 Å². The van der Waals surface area contributed by atoms with E-state index in [1.54, 1.807) is 0 Å². The van der Waals surface area contributed by atoms with Gasteiger partial charge in [0.1, 0.15) is 11.7 Å². The molecule has 0 saturated carbocycles. The molecule has 3 rings (SSSR count). The zero-order valence-corrected chi connectivity index (χ0v) is 19.3. The van der Waals surface area contributed by atoms with Gasteiger partial charge in [0.2, 0.25) is 0 Å². The van der Waals surface area contributed by atoms with Crippen molar-refractivity contribution >= 4 is 17.7 Å². The SMILES string of the molecule is CCCOC(=O)C1=C(C)NC2=C(C(=O)[C@H](C(=O)OC)[C@@H](C)C2)[C@H]1c1ccc(OCC)cc1. The Balaban J connectivity index is 2.13. The molecule has 0 radical (unpaired) electrons. The molecular formula is C25H31NO6. The highest BCUT2D eigenvalue weighted by atomic mass is 16.5. The van der Waals surface area contributed by atoms with Crippen LogP contribution in [-0.4, -0.2) is 38.0 Å². The molecule has 1 N–H and O–H groups in total. The van der Waals surface area contributed by atoms with Gasteiger partial charge in [-0.1, -0.05) is 26.0 Å². The molecule has 1 aliphatic carbocycles. The fraction of sp³-hybridized carbons (Fsp3) is 0.480. The van der Waals surface area contributed by atoms with Crippen LogP contribution >= 0.6 is 0 Å². The molecular weight excluding hydrogens is 410 g/mol. The summed E-state index contributed by atoms with van der Waals surface area (Å²) in [6, 6.07) is 7.34. The van der Waals surface area contributed by atoms with E-state index >= 15 is 0 Å².